The molecule has 0 saturated carbocycles. The summed E-state index contributed by atoms with van der Waals surface area (Å²) in [7, 11) is 0. The van der Waals surface area contributed by atoms with Gasteiger partial charge in [-0.1, -0.05) is 0 Å². The molecule has 0 aromatic rings. The lowest BCUT2D eigenvalue weighted by atomic mass is 9.85. The first-order chi connectivity index (χ1) is 5.21. The molecule has 0 radical (unpaired) electrons. The summed E-state index contributed by atoms with van der Waals surface area (Å²) < 4.78 is 31.4. The predicted octanol–water partition coefficient (Wildman–Crippen LogP) is 0.487. The molecule has 2 fully saturated rings. The molecule has 2 bridgehead atoms. The van der Waals surface area contributed by atoms with Crippen LogP contribution >= 0.6 is 0 Å². The minimum absolute atomic E-state index is 0.205. The van der Waals surface area contributed by atoms with E-state index in [1.54, 1.807) is 0 Å². The van der Waals surface area contributed by atoms with E-state index in [0.29, 0.717) is 13.1 Å². The third-order valence-corrected chi connectivity index (χ3v) is 2.51. The smallest absolute Gasteiger partial charge is 0.260 e. The summed E-state index contributed by atoms with van der Waals surface area (Å²) in [5.74, 6) is -3.70. The predicted molar refractivity (Wildman–Crippen MR) is 35.6 cm³/mol. The number of alkyl halides is 2. The van der Waals surface area contributed by atoms with Gasteiger partial charge in [-0.3, -0.25) is 0 Å². The monoisotopic (exact) mass is 163 g/mol. The van der Waals surface area contributed by atoms with Crippen LogP contribution in [0, 0.1) is 11.8 Å². The summed E-state index contributed by atoms with van der Waals surface area (Å²) >= 11 is 0. The highest BCUT2D eigenvalue weighted by Crippen LogP contribution is 2.38. The largest absolute Gasteiger partial charge is 0.380 e. The Morgan fingerprint density at radius 2 is 1.73 bits per heavy atom. The van der Waals surface area contributed by atoms with E-state index < -0.39 is 17.8 Å². The molecule has 2 aliphatic rings. The summed E-state index contributed by atoms with van der Waals surface area (Å²) in [4.78, 5) is 0. The topological polar surface area (TPSA) is 21.3 Å². The zero-order valence-electron chi connectivity index (χ0n) is 6.15. The first-order valence-electron chi connectivity index (χ1n) is 3.87. The zero-order valence-corrected chi connectivity index (χ0v) is 6.15. The third kappa shape index (κ3) is 1.05. The van der Waals surface area contributed by atoms with Gasteiger partial charge in [-0.25, -0.2) is 8.78 Å². The van der Waals surface area contributed by atoms with Gasteiger partial charge in [-0.2, -0.15) is 0 Å². The van der Waals surface area contributed by atoms with Crippen molar-refractivity contribution in [3.63, 3.8) is 0 Å². The SMILES string of the molecule is FC1(F)[C@@H]2CNC[C@H]1COC2. The number of fused-ring (bicyclic) bond motifs is 2. The van der Waals surface area contributed by atoms with E-state index >= 15 is 0 Å². The summed E-state index contributed by atoms with van der Waals surface area (Å²) in [6, 6.07) is 0. The van der Waals surface area contributed by atoms with E-state index in [1.165, 1.54) is 0 Å². The molecule has 1 N–H and O–H groups in total. The number of hydrogen-bond donors (Lipinski definition) is 1. The van der Waals surface area contributed by atoms with Crippen molar-refractivity contribution in [3.05, 3.63) is 0 Å². The molecule has 0 aromatic carbocycles. The Morgan fingerprint density at radius 3 is 2.18 bits per heavy atom. The zero-order chi connectivity index (χ0) is 7.90. The fourth-order valence-electron chi connectivity index (χ4n) is 1.73. The number of hydrogen-bond acceptors (Lipinski definition) is 2. The summed E-state index contributed by atoms with van der Waals surface area (Å²) in [5, 5.41) is 2.98. The van der Waals surface area contributed by atoms with Gasteiger partial charge in [0.2, 0.25) is 0 Å². The van der Waals surface area contributed by atoms with Crippen LogP contribution in [0.2, 0.25) is 0 Å². The number of rotatable bonds is 0. The lowest BCUT2D eigenvalue weighted by Crippen LogP contribution is -2.58. The molecule has 2 heterocycles. The Kier molecular flexibility index (Phi) is 1.61. The van der Waals surface area contributed by atoms with Gasteiger partial charge in [-0.15, -0.1) is 0 Å². The van der Waals surface area contributed by atoms with Crippen molar-refractivity contribution in [2.75, 3.05) is 26.3 Å². The van der Waals surface area contributed by atoms with Crippen LogP contribution in [-0.4, -0.2) is 32.2 Å². The van der Waals surface area contributed by atoms with Crippen LogP contribution in [0.3, 0.4) is 0 Å². The Bertz CT molecular complexity index is 139. The van der Waals surface area contributed by atoms with E-state index in [9.17, 15) is 8.78 Å². The molecule has 2 saturated heterocycles. The Balaban J connectivity index is 2.17. The normalized spacial score (nSPS) is 42.0. The van der Waals surface area contributed by atoms with Crippen LogP contribution in [0.25, 0.3) is 0 Å². The van der Waals surface area contributed by atoms with E-state index in [4.69, 9.17) is 4.74 Å². The second-order valence-corrected chi connectivity index (χ2v) is 3.26. The molecular weight excluding hydrogens is 152 g/mol. The van der Waals surface area contributed by atoms with Crippen molar-refractivity contribution >= 4 is 0 Å². The molecule has 11 heavy (non-hydrogen) atoms. The van der Waals surface area contributed by atoms with Gasteiger partial charge in [0.15, 0.2) is 0 Å². The number of halogens is 2. The van der Waals surface area contributed by atoms with Gasteiger partial charge in [0.1, 0.15) is 0 Å². The Labute approximate surface area is 63.9 Å². The molecule has 2 nitrogen and oxygen atoms in total. The summed E-state index contributed by atoms with van der Waals surface area (Å²) in [5.41, 5.74) is 0. The Hall–Kier alpha value is -0.220. The van der Waals surface area contributed by atoms with E-state index in [1.807, 2.05) is 0 Å². The molecule has 4 heteroatoms. The standard InChI is InChI=1S/C7H11F2NO/c8-7(9)5-1-10-2-6(7)4-11-3-5/h5-6,10H,1-4H2/t5-,6+. The van der Waals surface area contributed by atoms with E-state index in [2.05, 4.69) is 5.32 Å². The van der Waals surface area contributed by atoms with E-state index in [0.717, 1.165) is 0 Å². The minimum atomic E-state index is -2.50. The van der Waals surface area contributed by atoms with Gasteiger partial charge in [0.25, 0.3) is 5.92 Å². The molecule has 2 rings (SSSR count). The maximum absolute atomic E-state index is 13.2. The molecular formula is C7H11F2NO. The van der Waals surface area contributed by atoms with Gasteiger partial charge >= 0.3 is 0 Å². The first kappa shape index (κ1) is 7.43. The highest BCUT2D eigenvalue weighted by atomic mass is 19.3. The average molecular weight is 163 g/mol. The lowest BCUT2D eigenvalue weighted by molar-refractivity contribution is -0.195. The minimum Gasteiger partial charge on any atom is -0.380 e. The maximum atomic E-state index is 13.2. The van der Waals surface area contributed by atoms with Crippen LogP contribution in [-0.2, 0) is 4.74 Å². The lowest BCUT2D eigenvalue weighted by Gasteiger charge is -2.42. The second-order valence-electron chi connectivity index (χ2n) is 3.26. The second kappa shape index (κ2) is 2.38. The summed E-state index contributed by atoms with van der Waals surface area (Å²) in [6.45, 7) is 1.19. The molecule has 0 unspecified atom stereocenters. The summed E-state index contributed by atoms with van der Waals surface area (Å²) in [6.07, 6.45) is 0. The van der Waals surface area contributed by atoms with Crippen molar-refractivity contribution in [3.8, 4) is 0 Å². The van der Waals surface area contributed by atoms with Crippen LogP contribution in [0.1, 0.15) is 0 Å². The highest BCUT2D eigenvalue weighted by molar-refractivity contribution is 4.93. The molecule has 0 aromatic heterocycles. The molecule has 64 valence electrons. The fourth-order valence-corrected chi connectivity index (χ4v) is 1.73. The van der Waals surface area contributed by atoms with Gasteiger partial charge in [0.05, 0.1) is 25.0 Å². The Morgan fingerprint density at radius 1 is 1.18 bits per heavy atom. The van der Waals surface area contributed by atoms with Gasteiger partial charge < -0.3 is 10.1 Å². The van der Waals surface area contributed by atoms with Gasteiger partial charge in [0, 0.05) is 13.1 Å². The van der Waals surface area contributed by atoms with Crippen LogP contribution in [0.15, 0.2) is 0 Å². The molecule has 0 aliphatic carbocycles. The molecule has 2 atom stereocenters. The molecule has 0 amide bonds. The maximum Gasteiger partial charge on any atom is 0.260 e. The van der Waals surface area contributed by atoms with Crippen LogP contribution in [0.5, 0.6) is 0 Å². The first-order valence-corrected chi connectivity index (χ1v) is 3.87. The average Bonchev–Trinajstić information content (AvgIpc) is 1.82. The van der Waals surface area contributed by atoms with Crippen molar-refractivity contribution in [1.29, 1.82) is 0 Å². The molecule has 0 spiro atoms. The van der Waals surface area contributed by atoms with Crippen LogP contribution in [0.4, 0.5) is 8.78 Å². The van der Waals surface area contributed by atoms with E-state index in [-0.39, 0.29) is 13.2 Å². The van der Waals surface area contributed by atoms with Crippen molar-refractivity contribution in [1.82, 2.24) is 5.32 Å². The van der Waals surface area contributed by atoms with Crippen molar-refractivity contribution in [2.24, 2.45) is 11.8 Å². The van der Waals surface area contributed by atoms with Crippen molar-refractivity contribution in [2.45, 2.75) is 5.92 Å². The quantitative estimate of drug-likeness (QED) is 0.561. The highest BCUT2D eigenvalue weighted by Gasteiger charge is 2.51. The molecule has 2 aliphatic heterocycles. The number of ether oxygens (including phenoxy) is 1. The van der Waals surface area contributed by atoms with Crippen molar-refractivity contribution < 1.29 is 13.5 Å². The van der Waals surface area contributed by atoms with Crippen LogP contribution < -0.4 is 5.32 Å². The fraction of sp³-hybridized carbons (Fsp3) is 1.00. The van der Waals surface area contributed by atoms with Gasteiger partial charge in [-0.05, 0) is 0 Å². The number of piperidine rings is 1. The number of nitrogens with one attached hydrogen (secondary N) is 1. The third-order valence-electron chi connectivity index (χ3n) is 2.51.